The van der Waals surface area contributed by atoms with E-state index in [9.17, 15) is 9.90 Å². The molecule has 0 fully saturated rings. The summed E-state index contributed by atoms with van der Waals surface area (Å²) >= 11 is 1.52. The van der Waals surface area contributed by atoms with Crippen molar-refractivity contribution in [3.63, 3.8) is 0 Å². The summed E-state index contributed by atoms with van der Waals surface area (Å²) in [6.07, 6.45) is 1.62. The Bertz CT molecular complexity index is 616. The van der Waals surface area contributed by atoms with Gasteiger partial charge in [0.25, 0.3) is 0 Å². The predicted octanol–water partition coefficient (Wildman–Crippen LogP) is 2.49. The summed E-state index contributed by atoms with van der Waals surface area (Å²) < 4.78 is 5.11. The van der Waals surface area contributed by atoms with E-state index in [2.05, 4.69) is 15.8 Å². The Kier molecular flexibility index (Phi) is 5.79. The lowest BCUT2D eigenvalue weighted by molar-refractivity contribution is 0.0598. The number of amides is 2. The van der Waals surface area contributed by atoms with Crippen LogP contribution in [-0.4, -0.2) is 29.4 Å². The average Bonchev–Trinajstić information content (AvgIpc) is 3.14. The first-order chi connectivity index (χ1) is 10.9. The summed E-state index contributed by atoms with van der Waals surface area (Å²) in [7, 11) is 0. The van der Waals surface area contributed by atoms with E-state index in [1.807, 2.05) is 30.7 Å². The van der Waals surface area contributed by atoms with E-state index in [4.69, 9.17) is 4.52 Å². The number of aliphatic hydroxyl groups is 1. The molecule has 0 aliphatic rings. The number of nitrogens with zero attached hydrogens (tertiary/aromatic N) is 1. The minimum absolute atomic E-state index is 0.166. The molecule has 0 spiro atoms. The maximum Gasteiger partial charge on any atom is 0.314 e. The van der Waals surface area contributed by atoms with Crippen molar-refractivity contribution in [2.24, 2.45) is 0 Å². The third-order valence-electron chi connectivity index (χ3n) is 3.81. The molecule has 1 unspecified atom stereocenters. The summed E-state index contributed by atoms with van der Waals surface area (Å²) in [6.45, 7) is 6.21. The highest BCUT2D eigenvalue weighted by Gasteiger charge is 2.24. The molecule has 7 heteroatoms. The molecule has 2 rings (SSSR count). The number of urea groups is 1. The molecular weight excluding hydrogens is 314 g/mol. The van der Waals surface area contributed by atoms with Gasteiger partial charge in [0, 0.05) is 12.1 Å². The quantitative estimate of drug-likeness (QED) is 0.677. The van der Waals surface area contributed by atoms with Gasteiger partial charge in [-0.05, 0) is 56.0 Å². The van der Waals surface area contributed by atoms with Gasteiger partial charge in [-0.2, -0.15) is 11.3 Å². The third-order valence-corrected chi connectivity index (χ3v) is 4.49. The number of thiophene rings is 1. The zero-order valence-corrected chi connectivity index (χ0v) is 14.5. The van der Waals surface area contributed by atoms with Gasteiger partial charge in [-0.25, -0.2) is 4.79 Å². The van der Waals surface area contributed by atoms with E-state index < -0.39 is 5.60 Å². The van der Waals surface area contributed by atoms with E-state index >= 15 is 0 Å². The highest BCUT2D eigenvalue weighted by Crippen LogP contribution is 2.21. The Morgan fingerprint density at radius 3 is 2.83 bits per heavy atom. The highest BCUT2D eigenvalue weighted by molar-refractivity contribution is 7.08. The van der Waals surface area contributed by atoms with Crippen molar-refractivity contribution in [3.05, 3.63) is 39.4 Å². The van der Waals surface area contributed by atoms with Crippen LogP contribution in [0.25, 0.3) is 0 Å². The van der Waals surface area contributed by atoms with E-state index in [1.165, 1.54) is 11.3 Å². The maximum absolute atomic E-state index is 11.8. The smallest absolute Gasteiger partial charge is 0.314 e. The molecule has 23 heavy (non-hydrogen) atoms. The SMILES string of the molecule is Cc1noc(C)c1CCCNC(=O)NCC(C)(O)c1ccsc1. The van der Waals surface area contributed by atoms with Gasteiger partial charge in [0.2, 0.25) is 0 Å². The van der Waals surface area contributed by atoms with Gasteiger partial charge in [-0.3, -0.25) is 0 Å². The molecule has 0 saturated heterocycles. The third kappa shape index (κ3) is 4.80. The molecule has 0 aromatic carbocycles. The Balaban J connectivity index is 1.68. The monoisotopic (exact) mass is 337 g/mol. The Morgan fingerprint density at radius 2 is 2.22 bits per heavy atom. The number of hydrogen-bond donors (Lipinski definition) is 3. The second-order valence-corrected chi connectivity index (χ2v) is 6.58. The zero-order chi connectivity index (χ0) is 16.9. The van der Waals surface area contributed by atoms with Gasteiger partial charge in [0.15, 0.2) is 0 Å². The first-order valence-electron chi connectivity index (χ1n) is 7.58. The molecule has 2 aromatic rings. The molecule has 126 valence electrons. The van der Waals surface area contributed by atoms with Crippen molar-refractivity contribution in [2.75, 3.05) is 13.1 Å². The molecule has 0 bridgehead atoms. The number of carbonyl (C=O) groups excluding carboxylic acids is 1. The van der Waals surface area contributed by atoms with Gasteiger partial charge in [-0.15, -0.1) is 0 Å². The number of nitrogens with one attached hydrogen (secondary N) is 2. The van der Waals surface area contributed by atoms with Crippen LogP contribution >= 0.6 is 11.3 Å². The van der Waals surface area contributed by atoms with E-state index in [-0.39, 0.29) is 12.6 Å². The van der Waals surface area contributed by atoms with E-state index in [0.717, 1.165) is 35.4 Å². The highest BCUT2D eigenvalue weighted by atomic mass is 32.1. The number of hydrogen-bond acceptors (Lipinski definition) is 5. The predicted molar refractivity (Wildman–Crippen MR) is 89.6 cm³/mol. The summed E-state index contributed by atoms with van der Waals surface area (Å²) in [5.74, 6) is 0.832. The molecule has 1 atom stereocenters. The Hall–Kier alpha value is -1.86. The summed E-state index contributed by atoms with van der Waals surface area (Å²) in [5, 5.41) is 23.5. The summed E-state index contributed by atoms with van der Waals surface area (Å²) in [4.78, 5) is 11.8. The molecule has 0 radical (unpaired) electrons. The minimum atomic E-state index is -1.06. The fourth-order valence-corrected chi connectivity index (χ4v) is 3.10. The summed E-state index contributed by atoms with van der Waals surface area (Å²) in [5.41, 5.74) is 1.75. The molecule has 2 aromatic heterocycles. The van der Waals surface area contributed by atoms with Gasteiger partial charge in [-0.1, -0.05) is 5.16 Å². The first-order valence-corrected chi connectivity index (χ1v) is 8.53. The van der Waals surface area contributed by atoms with Crippen LogP contribution in [0.5, 0.6) is 0 Å². The minimum Gasteiger partial charge on any atom is -0.384 e. The van der Waals surface area contributed by atoms with Crippen LogP contribution in [0.15, 0.2) is 21.3 Å². The molecule has 2 amide bonds. The first kappa shape index (κ1) is 17.5. The average molecular weight is 337 g/mol. The van der Waals surface area contributed by atoms with E-state index in [1.54, 1.807) is 6.92 Å². The van der Waals surface area contributed by atoms with Crippen LogP contribution in [0.1, 0.15) is 35.9 Å². The van der Waals surface area contributed by atoms with Crippen molar-refractivity contribution in [3.8, 4) is 0 Å². The molecular formula is C16H23N3O3S. The molecule has 0 saturated carbocycles. The Morgan fingerprint density at radius 1 is 1.43 bits per heavy atom. The van der Waals surface area contributed by atoms with Crippen molar-refractivity contribution < 1.29 is 14.4 Å². The van der Waals surface area contributed by atoms with Crippen LogP contribution < -0.4 is 10.6 Å². The topological polar surface area (TPSA) is 87.4 Å². The van der Waals surface area contributed by atoms with Gasteiger partial charge in [0.1, 0.15) is 11.4 Å². The van der Waals surface area contributed by atoms with E-state index in [0.29, 0.717) is 6.54 Å². The van der Waals surface area contributed by atoms with Gasteiger partial charge < -0.3 is 20.3 Å². The van der Waals surface area contributed by atoms with Crippen LogP contribution in [0.2, 0.25) is 0 Å². The number of rotatable bonds is 7. The van der Waals surface area contributed by atoms with Crippen molar-refractivity contribution >= 4 is 17.4 Å². The summed E-state index contributed by atoms with van der Waals surface area (Å²) in [6, 6.07) is 1.58. The standard InChI is InChI=1S/C16H23N3O3S/c1-11-14(12(2)22-19-11)5-4-7-17-15(20)18-10-16(3,21)13-6-8-23-9-13/h6,8-9,21H,4-5,7,10H2,1-3H3,(H2,17,18,20). The normalized spacial score (nSPS) is 13.6. The lowest BCUT2D eigenvalue weighted by Crippen LogP contribution is -2.43. The second kappa shape index (κ2) is 7.61. The van der Waals surface area contributed by atoms with Gasteiger partial charge in [0.05, 0.1) is 12.2 Å². The largest absolute Gasteiger partial charge is 0.384 e. The number of carbonyl (C=O) groups is 1. The van der Waals surface area contributed by atoms with Crippen molar-refractivity contribution in [1.29, 1.82) is 0 Å². The van der Waals surface area contributed by atoms with Crippen LogP contribution in [0, 0.1) is 13.8 Å². The maximum atomic E-state index is 11.8. The molecule has 0 aliphatic heterocycles. The molecule has 3 N–H and O–H groups in total. The van der Waals surface area contributed by atoms with Crippen molar-refractivity contribution in [2.45, 2.75) is 39.2 Å². The molecule has 6 nitrogen and oxygen atoms in total. The zero-order valence-electron chi connectivity index (χ0n) is 13.7. The van der Waals surface area contributed by atoms with Crippen LogP contribution in [0.3, 0.4) is 0 Å². The second-order valence-electron chi connectivity index (χ2n) is 5.80. The van der Waals surface area contributed by atoms with Gasteiger partial charge >= 0.3 is 6.03 Å². The van der Waals surface area contributed by atoms with Crippen LogP contribution in [-0.2, 0) is 12.0 Å². The van der Waals surface area contributed by atoms with Crippen molar-refractivity contribution in [1.82, 2.24) is 15.8 Å². The molecule has 0 aliphatic carbocycles. The van der Waals surface area contributed by atoms with Crippen LogP contribution in [0.4, 0.5) is 4.79 Å². The fraction of sp³-hybridized carbons (Fsp3) is 0.500. The Labute approximate surface area is 139 Å². The lowest BCUT2D eigenvalue weighted by atomic mass is 9.99. The lowest BCUT2D eigenvalue weighted by Gasteiger charge is -2.22. The molecule has 2 heterocycles. The fourth-order valence-electron chi connectivity index (χ4n) is 2.31. The number of aryl methyl sites for hydroxylation is 2. The number of aromatic nitrogens is 1.